The summed E-state index contributed by atoms with van der Waals surface area (Å²) in [6.07, 6.45) is 2.89. The topological polar surface area (TPSA) is 54.4 Å². The smallest absolute Gasteiger partial charge is 0.162 e. The van der Waals surface area contributed by atoms with Crippen LogP contribution in [0.1, 0.15) is 54.5 Å². The number of ether oxygens (including phenoxy) is 3. The first-order valence-corrected chi connectivity index (χ1v) is 13.5. The van der Waals surface area contributed by atoms with E-state index in [2.05, 4.69) is 66.1 Å². The molecule has 0 radical (unpaired) electrons. The van der Waals surface area contributed by atoms with E-state index in [1.54, 1.807) is 20.3 Å². The van der Waals surface area contributed by atoms with Crippen LogP contribution < -0.4 is 19.1 Å². The SMILES string of the molecule is CCN(c1cc(OC)c(OC)cc1[C@@H]1CCc2cc(O)ccc2C1)C(C)c1ccc(OCCN(C)C)cc1. The Bertz CT molecular complexity index is 1210. The minimum Gasteiger partial charge on any atom is -0.508 e. The maximum Gasteiger partial charge on any atom is 0.162 e. The number of phenols is 1. The van der Waals surface area contributed by atoms with E-state index in [9.17, 15) is 5.11 Å². The Morgan fingerprint density at radius 3 is 2.32 bits per heavy atom. The molecule has 3 aromatic rings. The second-order valence-electron chi connectivity index (χ2n) is 10.3. The lowest BCUT2D eigenvalue weighted by molar-refractivity contribution is 0.261. The zero-order valence-electron chi connectivity index (χ0n) is 23.7. The van der Waals surface area contributed by atoms with Gasteiger partial charge < -0.3 is 29.1 Å². The van der Waals surface area contributed by atoms with Crippen LogP contribution >= 0.6 is 0 Å². The van der Waals surface area contributed by atoms with Crippen molar-refractivity contribution in [2.45, 2.75) is 45.1 Å². The molecule has 1 aliphatic rings. The van der Waals surface area contributed by atoms with Crippen molar-refractivity contribution >= 4 is 5.69 Å². The van der Waals surface area contributed by atoms with Crippen LogP contribution in [0.3, 0.4) is 0 Å². The molecule has 1 unspecified atom stereocenters. The predicted molar refractivity (Wildman–Crippen MR) is 154 cm³/mol. The summed E-state index contributed by atoms with van der Waals surface area (Å²) in [6, 6.07) is 18.7. The normalized spacial score (nSPS) is 15.6. The van der Waals surface area contributed by atoms with Crippen LogP contribution in [0.25, 0.3) is 0 Å². The number of aryl methyl sites for hydroxylation is 1. The van der Waals surface area contributed by atoms with Gasteiger partial charge >= 0.3 is 0 Å². The third-order valence-corrected chi connectivity index (χ3v) is 7.68. The largest absolute Gasteiger partial charge is 0.508 e. The zero-order chi connectivity index (χ0) is 27.2. The van der Waals surface area contributed by atoms with Crippen LogP contribution in [0.5, 0.6) is 23.0 Å². The van der Waals surface area contributed by atoms with Gasteiger partial charge in [-0.15, -0.1) is 0 Å². The first kappa shape index (κ1) is 27.6. The molecular weight excluding hydrogens is 476 g/mol. The highest BCUT2D eigenvalue weighted by molar-refractivity contribution is 5.65. The molecule has 0 saturated heterocycles. The van der Waals surface area contributed by atoms with Gasteiger partial charge in [-0.2, -0.15) is 0 Å². The molecule has 0 amide bonds. The molecule has 4 rings (SSSR count). The third-order valence-electron chi connectivity index (χ3n) is 7.68. The van der Waals surface area contributed by atoms with Gasteiger partial charge in [0.05, 0.1) is 20.3 Å². The second kappa shape index (κ2) is 12.4. The molecule has 6 heteroatoms. The molecule has 6 nitrogen and oxygen atoms in total. The minimum absolute atomic E-state index is 0.153. The molecule has 0 heterocycles. The number of benzene rings is 3. The van der Waals surface area contributed by atoms with E-state index in [-0.39, 0.29) is 6.04 Å². The maximum absolute atomic E-state index is 9.95. The van der Waals surface area contributed by atoms with Crippen molar-refractivity contribution in [3.8, 4) is 23.0 Å². The number of nitrogens with zero attached hydrogens (tertiary/aromatic N) is 2. The van der Waals surface area contributed by atoms with Gasteiger partial charge in [-0.05, 0) is 106 Å². The molecule has 1 N–H and O–H groups in total. The Kier molecular flexibility index (Phi) is 9.05. The fraction of sp³-hybridized carbons (Fsp3) is 0.438. The molecule has 38 heavy (non-hydrogen) atoms. The molecule has 0 bridgehead atoms. The predicted octanol–water partition coefficient (Wildman–Crippen LogP) is 6.21. The van der Waals surface area contributed by atoms with E-state index in [4.69, 9.17) is 14.2 Å². The summed E-state index contributed by atoms with van der Waals surface area (Å²) in [5.74, 6) is 3.07. The van der Waals surface area contributed by atoms with Gasteiger partial charge in [0.2, 0.25) is 0 Å². The van der Waals surface area contributed by atoms with Crippen molar-refractivity contribution < 1.29 is 19.3 Å². The van der Waals surface area contributed by atoms with Crippen molar-refractivity contribution in [3.63, 3.8) is 0 Å². The summed E-state index contributed by atoms with van der Waals surface area (Å²) in [4.78, 5) is 4.57. The number of methoxy groups -OCH3 is 2. The number of hydrogen-bond donors (Lipinski definition) is 1. The molecule has 0 aliphatic heterocycles. The fourth-order valence-electron chi connectivity index (χ4n) is 5.49. The molecule has 2 atom stereocenters. The van der Waals surface area contributed by atoms with Gasteiger partial charge in [-0.1, -0.05) is 18.2 Å². The van der Waals surface area contributed by atoms with Crippen LogP contribution in [-0.2, 0) is 12.8 Å². The summed E-state index contributed by atoms with van der Waals surface area (Å²) < 4.78 is 17.4. The second-order valence-corrected chi connectivity index (χ2v) is 10.3. The number of aromatic hydroxyl groups is 1. The summed E-state index contributed by atoms with van der Waals surface area (Å²) in [6.45, 7) is 6.86. The van der Waals surface area contributed by atoms with Crippen LogP contribution in [0, 0.1) is 0 Å². The zero-order valence-corrected chi connectivity index (χ0v) is 23.7. The molecule has 0 aromatic heterocycles. The first-order valence-electron chi connectivity index (χ1n) is 13.5. The van der Waals surface area contributed by atoms with E-state index >= 15 is 0 Å². The van der Waals surface area contributed by atoms with Gasteiger partial charge in [0, 0.05) is 24.8 Å². The maximum atomic E-state index is 9.95. The highest BCUT2D eigenvalue weighted by Gasteiger charge is 2.28. The van der Waals surface area contributed by atoms with Crippen LogP contribution in [-0.4, -0.2) is 58.0 Å². The van der Waals surface area contributed by atoms with E-state index < -0.39 is 0 Å². The number of phenolic OH excluding ortho intramolecular Hbond substituents is 1. The molecule has 3 aromatic carbocycles. The Balaban J connectivity index is 1.65. The third kappa shape index (κ3) is 6.18. The number of rotatable bonds is 11. The quantitative estimate of drug-likeness (QED) is 0.326. The van der Waals surface area contributed by atoms with E-state index in [1.807, 2.05) is 20.2 Å². The molecule has 0 fully saturated rings. The van der Waals surface area contributed by atoms with Gasteiger partial charge in [-0.25, -0.2) is 0 Å². The highest BCUT2D eigenvalue weighted by Crippen LogP contribution is 2.45. The molecular formula is C32H42N2O4. The van der Waals surface area contributed by atoms with Crippen molar-refractivity contribution in [2.75, 3.05) is 52.9 Å². The van der Waals surface area contributed by atoms with Crippen molar-refractivity contribution in [2.24, 2.45) is 0 Å². The number of fused-ring (bicyclic) bond motifs is 1. The summed E-state index contributed by atoms with van der Waals surface area (Å²) >= 11 is 0. The van der Waals surface area contributed by atoms with Crippen molar-refractivity contribution in [3.05, 3.63) is 76.9 Å². The Hall–Kier alpha value is -3.38. The average molecular weight is 519 g/mol. The Morgan fingerprint density at radius 1 is 0.947 bits per heavy atom. The average Bonchev–Trinajstić information content (AvgIpc) is 2.93. The number of anilines is 1. The van der Waals surface area contributed by atoms with Crippen molar-refractivity contribution in [1.29, 1.82) is 0 Å². The monoisotopic (exact) mass is 518 g/mol. The van der Waals surface area contributed by atoms with Gasteiger partial charge in [0.1, 0.15) is 18.1 Å². The molecule has 0 spiro atoms. The van der Waals surface area contributed by atoms with Crippen LogP contribution in [0.4, 0.5) is 5.69 Å². The van der Waals surface area contributed by atoms with E-state index in [0.717, 1.165) is 49.6 Å². The lowest BCUT2D eigenvalue weighted by atomic mass is 9.79. The lowest BCUT2D eigenvalue weighted by Crippen LogP contribution is -2.28. The number of likely N-dealkylation sites (N-methyl/N-ethyl adjacent to an activating group) is 1. The van der Waals surface area contributed by atoms with E-state index in [1.165, 1.54) is 27.9 Å². The summed E-state index contributed by atoms with van der Waals surface area (Å²) in [7, 11) is 7.49. The highest BCUT2D eigenvalue weighted by atomic mass is 16.5. The van der Waals surface area contributed by atoms with Gasteiger partial charge in [0.15, 0.2) is 11.5 Å². The summed E-state index contributed by atoms with van der Waals surface area (Å²) in [5, 5.41) is 9.95. The number of hydrogen-bond acceptors (Lipinski definition) is 6. The first-order chi connectivity index (χ1) is 18.3. The van der Waals surface area contributed by atoms with E-state index in [0.29, 0.717) is 18.3 Å². The van der Waals surface area contributed by atoms with Crippen molar-refractivity contribution in [1.82, 2.24) is 4.90 Å². The van der Waals surface area contributed by atoms with Crippen LogP contribution in [0.2, 0.25) is 0 Å². The standard InChI is InChI=1S/C32H42N2O4/c1-7-34(22(2)23-11-14-28(15-12-23)38-17-16-33(3)4)30-21-32(37-6)31(36-5)20-29(30)26-9-8-25-19-27(35)13-10-24(25)18-26/h10-15,19-22,26,35H,7-9,16-18H2,1-6H3/t22?,26-/m1/s1. The molecule has 204 valence electrons. The summed E-state index contributed by atoms with van der Waals surface area (Å²) in [5.41, 5.74) is 6.24. The minimum atomic E-state index is 0.153. The molecule has 0 saturated carbocycles. The van der Waals surface area contributed by atoms with Gasteiger partial charge in [0.25, 0.3) is 0 Å². The Morgan fingerprint density at radius 2 is 1.66 bits per heavy atom. The fourth-order valence-corrected chi connectivity index (χ4v) is 5.49. The van der Waals surface area contributed by atoms with Gasteiger partial charge in [-0.3, -0.25) is 0 Å². The lowest BCUT2D eigenvalue weighted by Gasteiger charge is -2.36. The Labute approximate surface area is 227 Å². The van der Waals surface area contributed by atoms with Crippen LogP contribution in [0.15, 0.2) is 54.6 Å². The molecule has 1 aliphatic carbocycles.